The van der Waals surface area contributed by atoms with Gasteiger partial charge in [0.1, 0.15) is 5.75 Å². The molecular formula is C13H18ClNO4. The van der Waals surface area contributed by atoms with Crippen molar-refractivity contribution < 1.29 is 19.4 Å². The summed E-state index contributed by atoms with van der Waals surface area (Å²) in [6.07, 6.45) is 0. The normalized spacial score (nSPS) is 10.3. The predicted octanol–water partition coefficient (Wildman–Crippen LogP) is 1.19. The van der Waals surface area contributed by atoms with Gasteiger partial charge in [-0.05, 0) is 12.1 Å². The second kappa shape index (κ2) is 8.74. The first-order valence-electron chi connectivity index (χ1n) is 5.94. The minimum absolute atomic E-state index is 0.0957. The quantitative estimate of drug-likeness (QED) is 0.780. The summed E-state index contributed by atoms with van der Waals surface area (Å²) in [7, 11) is 1.56. The number of nitrogens with zero attached hydrogens (tertiary/aromatic N) is 1. The van der Waals surface area contributed by atoms with E-state index < -0.39 is 0 Å². The molecule has 0 fully saturated rings. The highest BCUT2D eigenvalue weighted by Gasteiger charge is 2.14. The van der Waals surface area contributed by atoms with Crippen LogP contribution in [0.3, 0.4) is 0 Å². The van der Waals surface area contributed by atoms with Crippen LogP contribution >= 0.6 is 11.6 Å². The third kappa shape index (κ3) is 5.46. The zero-order valence-corrected chi connectivity index (χ0v) is 11.6. The molecule has 0 aliphatic rings. The number of ether oxygens (including phenoxy) is 2. The molecule has 0 saturated carbocycles. The van der Waals surface area contributed by atoms with Crippen molar-refractivity contribution in [2.45, 2.75) is 0 Å². The fourth-order valence-electron chi connectivity index (χ4n) is 1.48. The first kappa shape index (κ1) is 15.8. The van der Waals surface area contributed by atoms with Gasteiger partial charge >= 0.3 is 0 Å². The molecule has 0 heterocycles. The van der Waals surface area contributed by atoms with E-state index in [1.165, 1.54) is 4.90 Å². The number of hydrogen-bond donors (Lipinski definition) is 1. The summed E-state index contributed by atoms with van der Waals surface area (Å²) in [6.45, 7) is 0.878. The Balaban J connectivity index is 2.50. The Morgan fingerprint density at radius 1 is 1.37 bits per heavy atom. The van der Waals surface area contributed by atoms with Crippen LogP contribution in [0.2, 0.25) is 5.02 Å². The van der Waals surface area contributed by atoms with E-state index in [2.05, 4.69) is 0 Å². The van der Waals surface area contributed by atoms with Gasteiger partial charge < -0.3 is 19.5 Å². The van der Waals surface area contributed by atoms with Gasteiger partial charge in [-0.2, -0.15) is 0 Å². The number of aliphatic hydroxyl groups excluding tert-OH is 1. The molecule has 106 valence electrons. The Hall–Kier alpha value is -1.30. The minimum atomic E-state index is -0.217. The monoisotopic (exact) mass is 287 g/mol. The lowest BCUT2D eigenvalue weighted by atomic mass is 10.3. The third-order valence-electron chi connectivity index (χ3n) is 2.48. The third-order valence-corrected chi connectivity index (χ3v) is 2.79. The predicted molar refractivity (Wildman–Crippen MR) is 72.5 cm³/mol. The molecule has 0 aliphatic heterocycles. The molecule has 0 aromatic heterocycles. The average molecular weight is 288 g/mol. The molecule has 19 heavy (non-hydrogen) atoms. The van der Waals surface area contributed by atoms with Crippen molar-refractivity contribution >= 4 is 17.5 Å². The standard InChI is InChI=1S/C13H18ClNO4/c1-18-9-7-15(6-8-16)13(17)10-19-12-5-3-2-4-11(12)14/h2-5,16H,6-10H2,1H3. The largest absolute Gasteiger partial charge is 0.482 e. The number of amides is 1. The van der Waals surface area contributed by atoms with Gasteiger partial charge in [-0.15, -0.1) is 0 Å². The maximum Gasteiger partial charge on any atom is 0.260 e. The Morgan fingerprint density at radius 3 is 2.74 bits per heavy atom. The van der Waals surface area contributed by atoms with Crippen molar-refractivity contribution in [3.05, 3.63) is 29.3 Å². The lowest BCUT2D eigenvalue weighted by molar-refractivity contribution is -0.134. The fraction of sp³-hybridized carbons (Fsp3) is 0.462. The van der Waals surface area contributed by atoms with Crippen molar-refractivity contribution in [1.82, 2.24) is 4.90 Å². The van der Waals surface area contributed by atoms with Gasteiger partial charge in [0.15, 0.2) is 6.61 Å². The highest BCUT2D eigenvalue weighted by atomic mass is 35.5. The van der Waals surface area contributed by atoms with Crippen LogP contribution in [-0.4, -0.2) is 55.9 Å². The van der Waals surface area contributed by atoms with Gasteiger partial charge in [-0.25, -0.2) is 0 Å². The zero-order chi connectivity index (χ0) is 14.1. The van der Waals surface area contributed by atoms with Gasteiger partial charge in [0.05, 0.1) is 18.2 Å². The molecule has 6 heteroatoms. The number of halogens is 1. The molecule has 0 atom stereocenters. The Labute approximate surface area is 117 Å². The summed E-state index contributed by atoms with van der Waals surface area (Å²) < 4.78 is 10.3. The van der Waals surface area contributed by atoms with Crippen LogP contribution < -0.4 is 4.74 Å². The molecule has 0 bridgehead atoms. The minimum Gasteiger partial charge on any atom is -0.482 e. The fourth-order valence-corrected chi connectivity index (χ4v) is 1.67. The Kier molecular flexibility index (Phi) is 7.25. The first-order valence-corrected chi connectivity index (χ1v) is 6.31. The van der Waals surface area contributed by atoms with Gasteiger partial charge in [0.2, 0.25) is 0 Å². The highest BCUT2D eigenvalue weighted by molar-refractivity contribution is 6.32. The summed E-state index contributed by atoms with van der Waals surface area (Å²) in [4.78, 5) is 13.4. The van der Waals surface area contributed by atoms with E-state index in [0.717, 1.165) is 0 Å². The summed E-state index contributed by atoms with van der Waals surface area (Å²) in [5.74, 6) is 0.249. The van der Waals surface area contributed by atoms with Crippen LogP contribution in [0.4, 0.5) is 0 Å². The van der Waals surface area contributed by atoms with E-state index in [1.54, 1.807) is 31.4 Å². The summed E-state index contributed by atoms with van der Waals surface area (Å²) in [5, 5.41) is 9.38. The van der Waals surface area contributed by atoms with Gasteiger partial charge in [-0.1, -0.05) is 23.7 Å². The zero-order valence-electron chi connectivity index (χ0n) is 10.8. The van der Waals surface area contributed by atoms with Crippen molar-refractivity contribution in [3.8, 4) is 5.75 Å². The van der Waals surface area contributed by atoms with Gasteiger partial charge in [0, 0.05) is 20.2 Å². The molecule has 1 amide bonds. The number of aliphatic hydroxyl groups is 1. The second-order valence-electron chi connectivity index (χ2n) is 3.82. The molecule has 5 nitrogen and oxygen atoms in total. The summed E-state index contributed by atoms with van der Waals surface area (Å²) >= 11 is 5.92. The molecule has 1 aromatic rings. The molecule has 0 radical (unpaired) electrons. The number of rotatable bonds is 8. The number of carbonyl (C=O) groups is 1. The Morgan fingerprint density at radius 2 is 2.11 bits per heavy atom. The maximum atomic E-state index is 11.9. The maximum absolute atomic E-state index is 11.9. The first-order chi connectivity index (χ1) is 9.19. The van der Waals surface area contributed by atoms with Crippen molar-refractivity contribution in [1.29, 1.82) is 0 Å². The van der Waals surface area contributed by atoms with Gasteiger partial charge in [-0.3, -0.25) is 4.79 Å². The number of methoxy groups -OCH3 is 1. The summed E-state index contributed by atoms with van der Waals surface area (Å²) in [6, 6.07) is 6.95. The molecule has 0 unspecified atom stereocenters. The topological polar surface area (TPSA) is 59.0 Å². The molecular weight excluding hydrogens is 270 g/mol. The molecule has 0 aliphatic carbocycles. The van der Waals surface area contributed by atoms with Crippen molar-refractivity contribution in [2.75, 3.05) is 40.0 Å². The molecule has 1 rings (SSSR count). The SMILES string of the molecule is COCCN(CCO)C(=O)COc1ccccc1Cl. The van der Waals surface area contributed by atoms with Crippen LogP contribution in [0, 0.1) is 0 Å². The lowest BCUT2D eigenvalue weighted by Gasteiger charge is -2.21. The van der Waals surface area contributed by atoms with Crippen LogP contribution in [0.25, 0.3) is 0 Å². The number of carbonyl (C=O) groups excluding carboxylic acids is 1. The second-order valence-corrected chi connectivity index (χ2v) is 4.22. The average Bonchev–Trinajstić information content (AvgIpc) is 2.42. The van der Waals surface area contributed by atoms with Crippen LogP contribution in [0.5, 0.6) is 5.75 Å². The van der Waals surface area contributed by atoms with E-state index in [9.17, 15) is 4.79 Å². The lowest BCUT2D eigenvalue weighted by Crippen LogP contribution is -2.39. The number of para-hydroxylation sites is 1. The molecule has 0 saturated heterocycles. The van der Waals surface area contributed by atoms with Gasteiger partial charge in [0.25, 0.3) is 5.91 Å². The van der Waals surface area contributed by atoms with Crippen molar-refractivity contribution in [3.63, 3.8) is 0 Å². The van der Waals surface area contributed by atoms with E-state index in [1.807, 2.05) is 0 Å². The number of hydrogen-bond acceptors (Lipinski definition) is 4. The molecule has 1 N–H and O–H groups in total. The summed E-state index contributed by atoms with van der Waals surface area (Å²) in [5.41, 5.74) is 0. The van der Waals surface area contributed by atoms with E-state index in [-0.39, 0.29) is 25.7 Å². The van der Waals surface area contributed by atoms with E-state index in [0.29, 0.717) is 23.9 Å². The van der Waals surface area contributed by atoms with Crippen LogP contribution in [-0.2, 0) is 9.53 Å². The van der Waals surface area contributed by atoms with Crippen molar-refractivity contribution in [2.24, 2.45) is 0 Å². The highest BCUT2D eigenvalue weighted by Crippen LogP contribution is 2.22. The molecule has 1 aromatic carbocycles. The Bertz CT molecular complexity index is 400. The van der Waals surface area contributed by atoms with E-state index in [4.69, 9.17) is 26.2 Å². The smallest absolute Gasteiger partial charge is 0.260 e. The van der Waals surface area contributed by atoms with Crippen LogP contribution in [0.15, 0.2) is 24.3 Å². The number of benzene rings is 1. The molecule has 0 spiro atoms. The van der Waals surface area contributed by atoms with E-state index >= 15 is 0 Å². The van der Waals surface area contributed by atoms with Crippen LogP contribution in [0.1, 0.15) is 0 Å².